The fourth-order valence-corrected chi connectivity index (χ4v) is 1.23. The first-order valence-electron chi connectivity index (χ1n) is 3.94. The molecule has 1 aliphatic rings. The Morgan fingerprint density at radius 3 is 2.69 bits per heavy atom. The second kappa shape index (κ2) is 5.14. The van der Waals surface area contributed by atoms with E-state index in [-0.39, 0.29) is 10.6 Å². The molecule has 0 saturated carbocycles. The normalized spacial score (nSPS) is 31.5. The first kappa shape index (κ1) is 10.4. The lowest BCUT2D eigenvalue weighted by molar-refractivity contribution is 0.895. The molecule has 0 aromatic carbocycles. The van der Waals surface area contributed by atoms with Gasteiger partial charge in [0.25, 0.3) is 0 Å². The number of aliphatic imine (C=N–C) groups is 3. The Labute approximate surface area is 86.9 Å². The minimum Gasteiger partial charge on any atom is -0.226 e. The van der Waals surface area contributed by atoms with Gasteiger partial charge in [-0.3, -0.25) is 0 Å². The molecular weight excluding hydrogens is 209 g/mol. The van der Waals surface area contributed by atoms with Gasteiger partial charge in [-0.2, -0.15) is 4.99 Å². The van der Waals surface area contributed by atoms with Crippen LogP contribution in [-0.2, 0) is 0 Å². The molecule has 0 bridgehead atoms. The van der Waals surface area contributed by atoms with Crippen LogP contribution >= 0.6 is 23.2 Å². The van der Waals surface area contributed by atoms with Gasteiger partial charge in [0.1, 0.15) is 0 Å². The van der Waals surface area contributed by atoms with E-state index in [0.717, 1.165) is 18.5 Å². The fourth-order valence-electron chi connectivity index (χ4n) is 0.866. The summed E-state index contributed by atoms with van der Waals surface area (Å²) in [5.74, 6) is 0. The van der Waals surface area contributed by atoms with Gasteiger partial charge in [-0.05, 0) is 35.7 Å². The number of nitrogens with zero attached hydrogens (tertiary/aromatic N) is 3. The van der Waals surface area contributed by atoms with E-state index in [9.17, 15) is 0 Å². The van der Waals surface area contributed by atoms with Crippen molar-refractivity contribution >= 4 is 40.0 Å². The predicted octanol–water partition coefficient (Wildman–Crippen LogP) is 2.94. The second-order valence-corrected chi connectivity index (χ2v) is 3.12. The minimum absolute atomic E-state index is 0.0977. The van der Waals surface area contributed by atoms with Crippen LogP contribution in [0.4, 0.5) is 0 Å². The van der Waals surface area contributed by atoms with Crippen LogP contribution in [0, 0.1) is 0 Å². The van der Waals surface area contributed by atoms with Crippen LogP contribution in [0.3, 0.4) is 0 Å². The first-order valence-corrected chi connectivity index (χ1v) is 4.69. The molecule has 0 atom stereocenters. The highest BCUT2D eigenvalue weighted by Gasteiger charge is 2.00. The molecule has 3 nitrogen and oxygen atoms in total. The highest BCUT2D eigenvalue weighted by atomic mass is 35.5. The lowest BCUT2D eigenvalue weighted by atomic mass is 10.2. The van der Waals surface area contributed by atoms with Crippen LogP contribution in [0.15, 0.2) is 26.8 Å². The van der Waals surface area contributed by atoms with Gasteiger partial charge < -0.3 is 0 Å². The van der Waals surface area contributed by atoms with Crippen molar-refractivity contribution in [2.24, 2.45) is 15.0 Å². The summed E-state index contributed by atoms with van der Waals surface area (Å²) in [6, 6.07) is 0. The zero-order valence-electron chi connectivity index (χ0n) is 7.17. The molecule has 1 heterocycles. The Hall–Kier alpha value is -0.670. The molecule has 0 fully saturated rings. The summed E-state index contributed by atoms with van der Waals surface area (Å²) in [5.41, 5.74) is 0.865. The van der Waals surface area contributed by atoms with E-state index in [0.29, 0.717) is 0 Å². The van der Waals surface area contributed by atoms with Crippen LogP contribution in [0.2, 0.25) is 0 Å². The molecule has 0 unspecified atom stereocenters. The molecule has 0 saturated heterocycles. The van der Waals surface area contributed by atoms with E-state index in [1.807, 2.05) is 0 Å². The van der Waals surface area contributed by atoms with Crippen LogP contribution in [0.5, 0.6) is 0 Å². The lowest BCUT2D eigenvalue weighted by Crippen LogP contribution is -1.94. The maximum absolute atomic E-state index is 5.68. The van der Waals surface area contributed by atoms with Crippen molar-refractivity contribution in [1.29, 1.82) is 0 Å². The molecule has 13 heavy (non-hydrogen) atoms. The third kappa shape index (κ3) is 3.70. The topological polar surface area (TPSA) is 37.1 Å². The van der Waals surface area contributed by atoms with Crippen LogP contribution in [-0.4, -0.2) is 16.8 Å². The van der Waals surface area contributed by atoms with Gasteiger partial charge in [0.05, 0.1) is 0 Å². The van der Waals surface area contributed by atoms with E-state index in [2.05, 4.69) is 21.9 Å². The molecule has 0 aliphatic carbocycles. The van der Waals surface area contributed by atoms with Gasteiger partial charge in [0.2, 0.25) is 10.6 Å². The summed E-state index contributed by atoms with van der Waals surface area (Å²) < 4.78 is 0. The Kier molecular flexibility index (Phi) is 4.12. The monoisotopic (exact) mass is 217 g/mol. The molecule has 5 heteroatoms. The summed E-state index contributed by atoms with van der Waals surface area (Å²) in [5, 5.41) is 0.224. The molecule has 0 aromatic heterocycles. The maximum atomic E-state index is 5.68. The number of halogens is 2. The van der Waals surface area contributed by atoms with E-state index >= 15 is 0 Å². The summed E-state index contributed by atoms with van der Waals surface area (Å²) in [4.78, 5) is 11.6. The van der Waals surface area contributed by atoms with Crippen LogP contribution in [0.1, 0.15) is 19.8 Å². The maximum Gasteiger partial charge on any atom is 0.225 e. The van der Waals surface area contributed by atoms with Crippen molar-refractivity contribution in [3.63, 3.8) is 0 Å². The zero-order chi connectivity index (χ0) is 9.68. The van der Waals surface area contributed by atoms with Gasteiger partial charge in [-0.15, -0.1) is 0 Å². The van der Waals surface area contributed by atoms with Gasteiger partial charge in [-0.1, -0.05) is 13.3 Å². The average molecular weight is 218 g/mol. The van der Waals surface area contributed by atoms with Crippen molar-refractivity contribution in [1.82, 2.24) is 0 Å². The number of hydrogen-bond donors (Lipinski definition) is 0. The molecule has 0 aromatic rings. The average Bonchev–Trinajstić information content (AvgIpc) is 2.01. The molecule has 0 radical (unpaired) electrons. The van der Waals surface area contributed by atoms with Gasteiger partial charge in [0, 0.05) is 11.9 Å². The van der Waals surface area contributed by atoms with Gasteiger partial charge in [0.15, 0.2) is 0 Å². The number of hydrogen-bond acceptors (Lipinski definition) is 3. The van der Waals surface area contributed by atoms with E-state index in [1.165, 1.54) is 0 Å². The molecular formula is C8H9Cl2N3. The SMILES string of the molecule is CCCC1=C/C=N\C(Cl)=N/C(Cl)=N\1. The molecule has 70 valence electrons. The summed E-state index contributed by atoms with van der Waals surface area (Å²) >= 11 is 11.3. The fraction of sp³-hybridized carbons (Fsp3) is 0.375. The minimum atomic E-state index is 0.0977. The quantitative estimate of drug-likeness (QED) is 0.639. The lowest BCUT2D eigenvalue weighted by Gasteiger charge is -1.99. The zero-order valence-corrected chi connectivity index (χ0v) is 8.68. The number of amidine groups is 2. The van der Waals surface area contributed by atoms with Crippen molar-refractivity contribution in [2.45, 2.75) is 19.8 Å². The van der Waals surface area contributed by atoms with E-state index in [1.54, 1.807) is 12.3 Å². The molecule has 0 N–H and O–H groups in total. The molecule has 0 spiro atoms. The number of rotatable bonds is 2. The Morgan fingerprint density at radius 2 is 2.00 bits per heavy atom. The first-order chi connectivity index (χ1) is 6.22. The summed E-state index contributed by atoms with van der Waals surface area (Å²) in [6.45, 7) is 2.07. The van der Waals surface area contributed by atoms with E-state index < -0.39 is 0 Å². The van der Waals surface area contributed by atoms with Crippen LogP contribution in [0.25, 0.3) is 0 Å². The van der Waals surface area contributed by atoms with Gasteiger partial charge in [-0.25, -0.2) is 9.98 Å². The van der Waals surface area contributed by atoms with E-state index in [4.69, 9.17) is 23.2 Å². The summed E-state index contributed by atoms with van der Waals surface area (Å²) in [7, 11) is 0. The molecule has 1 aliphatic heterocycles. The molecule has 1 rings (SSSR count). The van der Waals surface area contributed by atoms with Crippen molar-refractivity contribution in [2.75, 3.05) is 0 Å². The third-order valence-electron chi connectivity index (χ3n) is 1.37. The van der Waals surface area contributed by atoms with Crippen LogP contribution < -0.4 is 0 Å². The van der Waals surface area contributed by atoms with Crippen molar-refractivity contribution in [3.05, 3.63) is 11.8 Å². The van der Waals surface area contributed by atoms with Crippen molar-refractivity contribution < 1.29 is 0 Å². The predicted molar refractivity (Wildman–Crippen MR) is 58.1 cm³/mol. The highest BCUT2D eigenvalue weighted by Crippen LogP contribution is 2.10. The Balaban J connectivity index is 2.85. The smallest absolute Gasteiger partial charge is 0.225 e. The van der Waals surface area contributed by atoms with Gasteiger partial charge >= 0.3 is 0 Å². The summed E-state index contributed by atoms with van der Waals surface area (Å²) in [6.07, 6.45) is 5.22. The Morgan fingerprint density at radius 1 is 1.23 bits per heavy atom. The van der Waals surface area contributed by atoms with Crippen molar-refractivity contribution in [3.8, 4) is 0 Å². The largest absolute Gasteiger partial charge is 0.226 e. The third-order valence-corrected chi connectivity index (χ3v) is 1.73. The Bertz CT molecular complexity index is 303. The second-order valence-electron chi connectivity index (χ2n) is 2.45. The standard InChI is InChI=1S/C8H9Cl2N3/c1-2-3-6-4-5-11-7(9)13-8(10)12-6/h4-5H,2-3H2,1H3/b5-4?,6-4-,11-5-,11-7?,12-6?,12-8-,13-7-,13-8?. The molecule has 0 amide bonds. The highest BCUT2D eigenvalue weighted by molar-refractivity contribution is 6.71. The number of allylic oxidation sites excluding steroid dienone is 2.